The number of nitrogens with one attached hydrogen (secondary N) is 1. The number of hydrogen-bond acceptors (Lipinski definition) is 4. The molecular weight excluding hydrogens is 166 g/mol. The van der Waals surface area contributed by atoms with Gasteiger partial charge in [0.05, 0.1) is 6.67 Å². The molecule has 0 aromatic heterocycles. The van der Waals surface area contributed by atoms with E-state index in [0.29, 0.717) is 13.0 Å². The van der Waals surface area contributed by atoms with E-state index in [4.69, 9.17) is 10.8 Å². The monoisotopic (exact) mass is 187 g/mol. The molecule has 0 saturated carbocycles. The summed E-state index contributed by atoms with van der Waals surface area (Å²) in [5, 5.41) is 11.9. The topological polar surface area (TPSA) is 61.5 Å². The Morgan fingerprint density at radius 1 is 1.69 bits per heavy atom. The second-order valence-electron chi connectivity index (χ2n) is 3.27. The van der Waals surface area contributed by atoms with Crippen molar-refractivity contribution < 1.29 is 5.11 Å². The van der Waals surface area contributed by atoms with Crippen molar-refractivity contribution in [3.63, 3.8) is 0 Å². The Labute approximate surface area is 80.4 Å². The Balaban J connectivity index is 3.76. The molecule has 0 aromatic carbocycles. The minimum atomic E-state index is 0.180. The van der Waals surface area contributed by atoms with Gasteiger partial charge in [-0.05, 0) is 20.4 Å². The van der Waals surface area contributed by atoms with Gasteiger partial charge in [-0.1, -0.05) is 6.58 Å². The molecule has 4 heteroatoms. The van der Waals surface area contributed by atoms with Crippen molar-refractivity contribution in [3.8, 4) is 0 Å². The summed E-state index contributed by atoms with van der Waals surface area (Å²) in [7, 11) is 1.98. The third-order valence-electron chi connectivity index (χ3n) is 1.99. The Kier molecular flexibility index (Phi) is 6.58. The molecule has 0 rings (SSSR count). The number of hydrogen-bond donors (Lipinski definition) is 3. The molecule has 4 nitrogen and oxygen atoms in total. The molecule has 0 heterocycles. The average molecular weight is 187 g/mol. The van der Waals surface area contributed by atoms with Crippen LogP contribution in [0.2, 0.25) is 0 Å². The summed E-state index contributed by atoms with van der Waals surface area (Å²) in [6.45, 7) is 7.12. The molecule has 0 bridgehead atoms. The molecule has 4 N–H and O–H groups in total. The van der Waals surface area contributed by atoms with Crippen LogP contribution < -0.4 is 11.1 Å². The van der Waals surface area contributed by atoms with E-state index in [9.17, 15) is 0 Å². The van der Waals surface area contributed by atoms with Crippen LogP contribution in [0.4, 0.5) is 0 Å². The summed E-state index contributed by atoms with van der Waals surface area (Å²) in [6.07, 6.45) is 0.713. The molecule has 0 saturated heterocycles. The molecule has 0 aliphatic rings. The fraction of sp³-hybridized carbons (Fsp3) is 0.778. The van der Waals surface area contributed by atoms with E-state index in [1.165, 1.54) is 0 Å². The third kappa shape index (κ3) is 5.63. The van der Waals surface area contributed by atoms with Crippen LogP contribution in [0.1, 0.15) is 13.3 Å². The fourth-order valence-electron chi connectivity index (χ4n) is 1.06. The van der Waals surface area contributed by atoms with Gasteiger partial charge in [-0.3, -0.25) is 4.90 Å². The van der Waals surface area contributed by atoms with Crippen LogP contribution in [0.25, 0.3) is 0 Å². The number of nitrogens with two attached hydrogens (primary N) is 1. The highest BCUT2D eigenvalue weighted by molar-refractivity contribution is 4.84. The molecule has 0 aliphatic heterocycles. The molecule has 78 valence electrons. The first-order valence-corrected chi connectivity index (χ1v) is 4.52. The zero-order valence-electron chi connectivity index (χ0n) is 8.58. The predicted octanol–water partition coefficient (Wildman–Crippen LogP) is -0.291. The number of nitrogens with zero attached hydrogens (tertiary/aromatic N) is 1. The summed E-state index contributed by atoms with van der Waals surface area (Å²) in [5.74, 6) is 0. The number of rotatable bonds is 7. The highest BCUT2D eigenvalue weighted by atomic mass is 16.3. The summed E-state index contributed by atoms with van der Waals surface area (Å²) < 4.78 is 0. The summed E-state index contributed by atoms with van der Waals surface area (Å²) in [5.41, 5.74) is 6.50. The lowest BCUT2D eigenvalue weighted by atomic mass is 10.2. The van der Waals surface area contributed by atoms with Gasteiger partial charge in [-0.25, -0.2) is 0 Å². The number of likely N-dealkylation sites (N-methyl/N-ethyl adjacent to an activating group) is 1. The van der Waals surface area contributed by atoms with Crippen molar-refractivity contribution in [3.05, 3.63) is 12.3 Å². The first-order chi connectivity index (χ1) is 6.11. The lowest BCUT2D eigenvalue weighted by Crippen LogP contribution is -2.43. The van der Waals surface area contributed by atoms with Gasteiger partial charge in [0.15, 0.2) is 0 Å². The Hall–Kier alpha value is -0.580. The van der Waals surface area contributed by atoms with Crippen molar-refractivity contribution >= 4 is 0 Å². The van der Waals surface area contributed by atoms with Gasteiger partial charge in [0.25, 0.3) is 0 Å². The van der Waals surface area contributed by atoms with Gasteiger partial charge in [0.2, 0.25) is 0 Å². The maximum atomic E-state index is 8.77. The van der Waals surface area contributed by atoms with Crippen LogP contribution in [0.15, 0.2) is 12.3 Å². The quantitative estimate of drug-likeness (QED) is 0.479. The highest BCUT2D eigenvalue weighted by Gasteiger charge is 2.11. The number of allylic oxidation sites excluding steroid dienone is 1. The normalized spacial score (nSPS) is 13.0. The maximum Gasteiger partial charge on any atom is 0.0675 e. The van der Waals surface area contributed by atoms with Gasteiger partial charge in [0, 0.05) is 24.9 Å². The van der Waals surface area contributed by atoms with Crippen LogP contribution in [-0.4, -0.2) is 42.9 Å². The maximum absolute atomic E-state index is 8.77. The van der Waals surface area contributed by atoms with E-state index in [-0.39, 0.29) is 12.6 Å². The first-order valence-electron chi connectivity index (χ1n) is 4.52. The molecule has 0 aromatic rings. The number of aliphatic hydroxyl groups is 1. The van der Waals surface area contributed by atoms with E-state index < -0.39 is 0 Å². The minimum Gasteiger partial charge on any atom is -0.396 e. The second kappa shape index (κ2) is 6.88. The van der Waals surface area contributed by atoms with E-state index in [1.807, 2.05) is 14.0 Å². The Bertz CT molecular complexity index is 150. The van der Waals surface area contributed by atoms with Gasteiger partial charge >= 0.3 is 0 Å². The molecule has 0 aliphatic carbocycles. The lowest BCUT2D eigenvalue weighted by molar-refractivity contribution is 0.183. The largest absolute Gasteiger partial charge is 0.396 e. The summed E-state index contributed by atoms with van der Waals surface area (Å²) in [4.78, 5) is 2.07. The van der Waals surface area contributed by atoms with Crippen molar-refractivity contribution in [1.29, 1.82) is 0 Å². The van der Waals surface area contributed by atoms with Crippen LogP contribution in [0.3, 0.4) is 0 Å². The molecule has 1 atom stereocenters. The van der Waals surface area contributed by atoms with Crippen molar-refractivity contribution in [2.75, 3.05) is 26.9 Å². The standard InChI is InChI=1S/C9H21N3O/c1-8(2)11-7-12(3)9(6-10)4-5-13/h9,11,13H,1,4-7,10H2,2-3H3. The molecule has 0 amide bonds. The zero-order chi connectivity index (χ0) is 10.3. The average Bonchev–Trinajstić information content (AvgIpc) is 2.10. The van der Waals surface area contributed by atoms with Gasteiger partial charge in [-0.2, -0.15) is 0 Å². The molecule has 0 fully saturated rings. The molecule has 0 spiro atoms. The summed E-state index contributed by atoms with van der Waals surface area (Å²) in [6, 6.07) is 0.233. The third-order valence-corrected chi connectivity index (χ3v) is 1.99. The molecule has 1 unspecified atom stereocenters. The SMILES string of the molecule is C=C(C)NCN(C)C(CN)CCO. The highest BCUT2D eigenvalue weighted by Crippen LogP contribution is 1.98. The predicted molar refractivity (Wildman–Crippen MR) is 55.1 cm³/mol. The van der Waals surface area contributed by atoms with Crippen molar-refractivity contribution in [2.24, 2.45) is 5.73 Å². The smallest absolute Gasteiger partial charge is 0.0675 e. The van der Waals surface area contributed by atoms with Crippen molar-refractivity contribution in [2.45, 2.75) is 19.4 Å². The first kappa shape index (κ1) is 12.4. The zero-order valence-corrected chi connectivity index (χ0v) is 8.58. The van der Waals surface area contributed by atoms with E-state index in [1.54, 1.807) is 0 Å². The van der Waals surface area contributed by atoms with Crippen LogP contribution in [0, 0.1) is 0 Å². The Morgan fingerprint density at radius 3 is 2.69 bits per heavy atom. The van der Waals surface area contributed by atoms with E-state index in [2.05, 4.69) is 16.8 Å². The summed E-state index contributed by atoms with van der Waals surface area (Å²) >= 11 is 0. The van der Waals surface area contributed by atoms with Gasteiger partial charge < -0.3 is 16.2 Å². The minimum absolute atomic E-state index is 0.180. The molecule has 13 heavy (non-hydrogen) atoms. The second-order valence-corrected chi connectivity index (χ2v) is 3.27. The van der Waals surface area contributed by atoms with E-state index in [0.717, 1.165) is 12.4 Å². The Morgan fingerprint density at radius 2 is 2.31 bits per heavy atom. The van der Waals surface area contributed by atoms with Crippen LogP contribution in [-0.2, 0) is 0 Å². The van der Waals surface area contributed by atoms with E-state index >= 15 is 0 Å². The molecular formula is C9H21N3O. The lowest BCUT2D eigenvalue weighted by Gasteiger charge is -2.26. The fourth-order valence-corrected chi connectivity index (χ4v) is 1.06. The van der Waals surface area contributed by atoms with Crippen LogP contribution in [0.5, 0.6) is 0 Å². The van der Waals surface area contributed by atoms with Gasteiger partial charge in [0.1, 0.15) is 0 Å². The van der Waals surface area contributed by atoms with Gasteiger partial charge in [-0.15, -0.1) is 0 Å². The molecule has 0 radical (unpaired) electrons. The number of aliphatic hydroxyl groups excluding tert-OH is 1. The van der Waals surface area contributed by atoms with Crippen molar-refractivity contribution in [1.82, 2.24) is 10.2 Å². The van der Waals surface area contributed by atoms with Crippen LogP contribution >= 0.6 is 0 Å².